The molecule has 0 aromatic heterocycles. The number of nitrogens with one attached hydrogen (secondary N) is 1. The van der Waals surface area contributed by atoms with Gasteiger partial charge < -0.3 is 10.1 Å². The number of hydrogen-bond donors (Lipinski definition) is 1. The van der Waals surface area contributed by atoms with Crippen LogP contribution in [-0.4, -0.2) is 12.5 Å². The number of amides is 1. The highest BCUT2D eigenvalue weighted by Gasteiger charge is 2.11. The zero-order valence-corrected chi connectivity index (χ0v) is 13.6. The van der Waals surface area contributed by atoms with Crippen molar-refractivity contribution in [2.75, 3.05) is 6.61 Å². The molecule has 0 saturated carbocycles. The maximum Gasteiger partial charge on any atom is 0.258 e. The molecule has 0 unspecified atom stereocenters. The van der Waals surface area contributed by atoms with Crippen molar-refractivity contribution in [3.8, 4) is 5.75 Å². The van der Waals surface area contributed by atoms with Gasteiger partial charge in [-0.25, -0.2) is 0 Å². The summed E-state index contributed by atoms with van der Waals surface area (Å²) in [6, 6.07) is 13.9. The smallest absolute Gasteiger partial charge is 0.258 e. The Bertz CT molecular complexity index is 664. The molecule has 2 aromatic carbocycles. The number of hydrogen-bond acceptors (Lipinski definition) is 2. The SMILES string of the molecule is Cc1ccc([C@@H](C)NC(=O)COc2ccccc2C)cc1C. The molecule has 0 bridgehead atoms. The van der Waals surface area contributed by atoms with Gasteiger partial charge in [-0.05, 0) is 56.0 Å². The monoisotopic (exact) mass is 297 g/mol. The summed E-state index contributed by atoms with van der Waals surface area (Å²) in [4.78, 5) is 12.0. The molecule has 1 atom stereocenters. The third-order valence-corrected chi connectivity index (χ3v) is 3.86. The first-order chi connectivity index (χ1) is 10.5. The molecule has 0 saturated heterocycles. The minimum absolute atomic E-state index is 0.0278. The van der Waals surface area contributed by atoms with E-state index >= 15 is 0 Å². The Balaban J connectivity index is 1.91. The van der Waals surface area contributed by atoms with Crippen LogP contribution in [0.25, 0.3) is 0 Å². The number of para-hydroxylation sites is 1. The molecule has 0 spiro atoms. The van der Waals surface area contributed by atoms with E-state index in [4.69, 9.17) is 4.74 Å². The lowest BCUT2D eigenvalue weighted by atomic mass is 10.0. The molecule has 2 aromatic rings. The van der Waals surface area contributed by atoms with Gasteiger partial charge in [-0.2, -0.15) is 0 Å². The average Bonchev–Trinajstić information content (AvgIpc) is 2.49. The van der Waals surface area contributed by atoms with Crippen LogP contribution in [0.5, 0.6) is 5.75 Å². The number of carbonyl (C=O) groups excluding carboxylic acids is 1. The molecule has 22 heavy (non-hydrogen) atoms. The van der Waals surface area contributed by atoms with Gasteiger partial charge in [0.2, 0.25) is 0 Å². The molecule has 1 N–H and O–H groups in total. The first kappa shape index (κ1) is 16.1. The molecular weight excluding hydrogens is 274 g/mol. The molecule has 3 heteroatoms. The second kappa shape index (κ2) is 7.12. The second-order valence-corrected chi connectivity index (χ2v) is 5.69. The van der Waals surface area contributed by atoms with Gasteiger partial charge in [0.15, 0.2) is 6.61 Å². The Morgan fingerprint density at radius 1 is 1.05 bits per heavy atom. The van der Waals surface area contributed by atoms with Crippen LogP contribution in [-0.2, 0) is 4.79 Å². The van der Waals surface area contributed by atoms with Gasteiger partial charge in [-0.15, -0.1) is 0 Å². The number of benzene rings is 2. The van der Waals surface area contributed by atoms with Crippen molar-refractivity contribution in [2.45, 2.75) is 33.7 Å². The van der Waals surface area contributed by atoms with Crippen molar-refractivity contribution < 1.29 is 9.53 Å². The Hall–Kier alpha value is -2.29. The van der Waals surface area contributed by atoms with E-state index in [0.29, 0.717) is 0 Å². The van der Waals surface area contributed by atoms with E-state index in [1.54, 1.807) is 0 Å². The predicted octanol–water partition coefficient (Wildman–Crippen LogP) is 3.87. The van der Waals surface area contributed by atoms with Crippen molar-refractivity contribution in [3.05, 3.63) is 64.7 Å². The molecule has 0 fully saturated rings. The summed E-state index contributed by atoms with van der Waals surface area (Å²) in [7, 11) is 0. The molecule has 0 aliphatic heterocycles. The van der Waals surface area contributed by atoms with Crippen LogP contribution in [0.4, 0.5) is 0 Å². The molecule has 1 amide bonds. The lowest BCUT2D eigenvalue weighted by Crippen LogP contribution is -2.31. The summed E-state index contributed by atoms with van der Waals surface area (Å²) in [5.74, 6) is 0.630. The summed E-state index contributed by atoms with van der Waals surface area (Å²) in [6.07, 6.45) is 0. The number of carbonyl (C=O) groups is 1. The molecule has 3 nitrogen and oxygen atoms in total. The largest absolute Gasteiger partial charge is 0.484 e. The lowest BCUT2D eigenvalue weighted by Gasteiger charge is -2.16. The Morgan fingerprint density at radius 2 is 1.77 bits per heavy atom. The predicted molar refractivity (Wildman–Crippen MR) is 89.1 cm³/mol. The zero-order chi connectivity index (χ0) is 16.1. The standard InChI is InChI=1S/C19H23NO2/c1-13-9-10-17(11-15(13)3)16(4)20-19(21)12-22-18-8-6-5-7-14(18)2/h5-11,16H,12H2,1-4H3,(H,20,21)/t16-/m1/s1. The number of aryl methyl sites for hydroxylation is 3. The third-order valence-electron chi connectivity index (χ3n) is 3.86. The highest BCUT2D eigenvalue weighted by atomic mass is 16.5. The van der Waals surface area contributed by atoms with Crippen LogP contribution in [0.3, 0.4) is 0 Å². The fourth-order valence-corrected chi connectivity index (χ4v) is 2.26. The minimum atomic E-state index is -0.117. The molecule has 0 radical (unpaired) electrons. The molecular formula is C19H23NO2. The van der Waals surface area contributed by atoms with E-state index in [1.807, 2.05) is 38.1 Å². The highest BCUT2D eigenvalue weighted by Crippen LogP contribution is 2.18. The summed E-state index contributed by atoms with van der Waals surface area (Å²) < 4.78 is 5.57. The van der Waals surface area contributed by atoms with Crippen molar-refractivity contribution in [1.82, 2.24) is 5.32 Å². The van der Waals surface area contributed by atoms with E-state index in [2.05, 4.69) is 37.4 Å². The maximum absolute atomic E-state index is 12.0. The topological polar surface area (TPSA) is 38.3 Å². The van der Waals surface area contributed by atoms with Crippen LogP contribution in [0.15, 0.2) is 42.5 Å². The molecule has 2 rings (SSSR count). The fourth-order valence-electron chi connectivity index (χ4n) is 2.26. The maximum atomic E-state index is 12.0. The molecule has 0 aliphatic rings. The van der Waals surface area contributed by atoms with Crippen molar-refractivity contribution in [3.63, 3.8) is 0 Å². The van der Waals surface area contributed by atoms with Crippen molar-refractivity contribution in [2.24, 2.45) is 0 Å². The summed E-state index contributed by atoms with van der Waals surface area (Å²) >= 11 is 0. The first-order valence-electron chi connectivity index (χ1n) is 7.52. The molecule has 0 heterocycles. The van der Waals surface area contributed by atoms with Gasteiger partial charge in [0.1, 0.15) is 5.75 Å². The van der Waals surface area contributed by atoms with E-state index in [0.717, 1.165) is 16.9 Å². The fraction of sp³-hybridized carbons (Fsp3) is 0.316. The van der Waals surface area contributed by atoms with E-state index < -0.39 is 0 Å². The van der Waals surface area contributed by atoms with Gasteiger partial charge in [-0.1, -0.05) is 36.4 Å². The van der Waals surface area contributed by atoms with Gasteiger partial charge in [0.05, 0.1) is 6.04 Å². The van der Waals surface area contributed by atoms with Crippen molar-refractivity contribution >= 4 is 5.91 Å². The number of ether oxygens (including phenoxy) is 1. The lowest BCUT2D eigenvalue weighted by molar-refractivity contribution is -0.123. The Kier molecular flexibility index (Phi) is 5.21. The van der Waals surface area contributed by atoms with Crippen LogP contribution < -0.4 is 10.1 Å². The van der Waals surface area contributed by atoms with Gasteiger partial charge in [-0.3, -0.25) is 4.79 Å². The summed E-state index contributed by atoms with van der Waals surface area (Å²) in [5.41, 5.74) is 4.62. The van der Waals surface area contributed by atoms with Gasteiger partial charge in [0.25, 0.3) is 5.91 Å². The van der Waals surface area contributed by atoms with E-state index in [-0.39, 0.29) is 18.6 Å². The van der Waals surface area contributed by atoms with E-state index in [9.17, 15) is 4.79 Å². The third kappa shape index (κ3) is 4.10. The normalized spacial score (nSPS) is 11.8. The van der Waals surface area contributed by atoms with Crippen LogP contribution in [0.1, 0.15) is 35.2 Å². The Morgan fingerprint density at radius 3 is 2.45 bits per heavy atom. The molecule has 116 valence electrons. The van der Waals surface area contributed by atoms with E-state index in [1.165, 1.54) is 11.1 Å². The highest BCUT2D eigenvalue weighted by molar-refractivity contribution is 5.78. The van der Waals surface area contributed by atoms with Gasteiger partial charge >= 0.3 is 0 Å². The zero-order valence-electron chi connectivity index (χ0n) is 13.6. The average molecular weight is 297 g/mol. The van der Waals surface area contributed by atoms with Crippen molar-refractivity contribution in [1.29, 1.82) is 0 Å². The first-order valence-corrected chi connectivity index (χ1v) is 7.52. The second-order valence-electron chi connectivity index (χ2n) is 5.69. The van der Waals surface area contributed by atoms with Gasteiger partial charge in [0, 0.05) is 0 Å². The summed E-state index contributed by atoms with van der Waals surface area (Å²) in [5, 5.41) is 2.97. The molecule has 0 aliphatic carbocycles. The van der Waals surface area contributed by atoms with Crippen LogP contribution >= 0.6 is 0 Å². The van der Waals surface area contributed by atoms with Crippen LogP contribution in [0, 0.1) is 20.8 Å². The quantitative estimate of drug-likeness (QED) is 0.910. The summed E-state index contributed by atoms with van der Waals surface area (Å²) in [6.45, 7) is 8.13. The minimum Gasteiger partial charge on any atom is -0.484 e. The van der Waals surface area contributed by atoms with Crippen LogP contribution in [0.2, 0.25) is 0 Å². The Labute approximate surface area is 132 Å². The number of rotatable bonds is 5.